The summed E-state index contributed by atoms with van der Waals surface area (Å²) in [6.45, 7) is 27.2. The first-order chi connectivity index (χ1) is 6.93. The molecule has 0 heterocycles. The van der Waals surface area contributed by atoms with E-state index in [9.17, 15) is 0 Å². The summed E-state index contributed by atoms with van der Waals surface area (Å²) in [5.41, 5.74) is 0. The molecule has 0 aliphatic heterocycles. The van der Waals surface area contributed by atoms with E-state index < -0.39 is 0 Å². The van der Waals surface area contributed by atoms with Gasteiger partial charge in [-0.25, -0.2) is 0 Å². The molecule has 5 heteroatoms. The fraction of sp³-hybridized carbons (Fsp3) is 0.923. The molecule has 0 fully saturated rings. The average Bonchev–Trinajstić information content (AvgIpc) is 1.76. The van der Waals surface area contributed by atoms with Gasteiger partial charge in [0.1, 0.15) is 0 Å². The second-order valence-corrected chi connectivity index (χ2v) is 18.0. The van der Waals surface area contributed by atoms with Gasteiger partial charge in [-0.05, 0) is 31.7 Å². The van der Waals surface area contributed by atoms with Gasteiger partial charge in [-0.1, -0.05) is 0 Å². The predicted molar refractivity (Wildman–Crippen MR) is 111 cm³/mol. The fourth-order valence-electron chi connectivity index (χ4n) is 0. The van der Waals surface area contributed by atoms with Gasteiger partial charge in [-0.2, -0.15) is 0 Å². The Bertz CT molecular complexity index is 62.0. The third-order valence-corrected chi connectivity index (χ3v) is 0. The quantitative estimate of drug-likeness (QED) is 0.321. The van der Waals surface area contributed by atoms with Gasteiger partial charge >= 0.3 is 16.5 Å². The molecule has 0 nitrogen and oxygen atoms in total. The van der Waals surface area contributed by atoms with Gasteiger partial charge in [0.25, 0.3) is 0 Å². The van der Waals surface area contributed by atoms with Crippen molar-refractivity contribution in [3.05, 3.63) is 7.43 Å². The van der Waals surface area contributed by atoms with Crippen LogP contribution in [0.5, 0.6) is 0 Å². The van der Waals surface area contributed by atoms with Crippen LogP contribution < -0.4 is 0 Å². The molecule has 0 radical (unpaired) electrons. The van der Waals surface area contributed by atoms with Gasteiger partial charge in [0.2, 0.25) is 0 Å². The summed E-state index contributed by atoms with van der Waals surface area (Å²) in [5, 5.41) is 0. The molecule has 0 amide bonds. The zero-order valence-electron chi connectivity index (χ0n) is 15.3. The van der Waals surface area contributed by atoms with Crippen LogP contribution in [0, 0.1) is 7.43 Å². The van der Waals surface area contributed by atoms with Crippen molar-refractivity contribution in [3.63, 3.8) is 0 Å². The Morgan fingerprint density at radius 2 is 0.333 bits per heavy atom. The van der Waals surface area contributed by atoms with E-state index in [1.807, 2.05) is 0 Å². The third-order valence-electron chi connectivity index (χ3n) is 0. The van der Waals surface area contributed by atoms with E-state index >= 15 is 0 Å². The standard InChI is InChI=1S/4C3H9P.CH3.Ni/c4*1-4(2)3;;/h4*1-3H3;1H3;/q;;;;-1;+2/p+4. The summed E-state index contributed by atoms with van der Waals surface area (Å²) < 4.78 is 0. The summed E-state index contributed by atoms with van der Waals surface area (Å²) >= 11 is 0. The van der Waals surface area contributed by atoms with Crippen molar-refractivity contribution in [3.8, 4) is 0 Å². The summed E-state index contributed by atoms with van der Waals surface area (Å²) in [4.78, 5) is 0. The van der Waals surface area contributed by atoms with E-state index in [1.54, 1.807) is 0 Å². The first-order valence-corrected chi connectivity index (χ1v) is 18.0. The van der Waals surface area contributed by atoms with Crippen LogP contribution in [0.2, 0.25) is 0 Å². The summed E-state index contributed by atoms with van der Waals surface area (Å²) in [7, 11) is 0.481. The average molecular weight is 382 g/mol. The minimum Gasteiger partial charge on any atom is -0.358 e. The van der Waals surface area contributed by atoms with Crippen molar-refractivity contribution in [1.82, 2.24) is 0 Å². The summed E-state index contributed by atoms with van der Waals surface area (Å²) in [6.07, 6.45) is 0. The maximum Gasteiger partial charge on any atom is 2.00 e. The maximum absolute atomic E-state index is 2.27. The number of rotatable bonds is 0. The van der Waals surface area contributed by atoms with E-state index in [0.717, 1.165) is 0 Å². The van der Waals surface area contributed by atoms with Crippen LogP contribution in [0.25, 0.3) is 0 Å². The van der Waals surface area contributed by atoms with Crippen LogP contribution in [-0.2, 0) is 16.5 Å². The van der Waals surface area contributed by atoms with Gasteiger partial charge in [-0.3, -0.25) is 0 Å². The fourth-order valence-corrected chi connectivity index (χ4v) is 0. The second kappa shape index (κ2) is 31.5. The first kappa shape index (κ1) is 36.9. The summed E-state index contributed by atoms with van der Waals surface area (Å²) in [5.74, 6) is 0. The molecule has 120 valence electrons. The van der Waals surface area contributed by atoms with Crippen LogP contribution in [0.1, 0.15) is 0 Å². The normalized spacial score (nSPS) is 8.00. The molecule has 0 unspecified atom stereocenters. The van der Waals surface area contributed by atoms with Gasteiger partial charge in [-0.15, -0.1) is 0 Å². The zero-order valence-corrected chi connectivity index (χ0v) is 20.3. The van der Waals surface area contributed by atoms with E-state index in [2.05, 4.69) is 80.0 Å². The maximum atomic E-state index is 2.27. The molecule has 0 aliphatic rings. The smallest absolute Gasteiger partial charge is 0.358 e. The van der Waals surface area contributed by atoms with Crippen molar-refractivity contribution in [2.24, 2.45) is 0 Å². The molecular formula is C13H43NiP4+5. The van der Waals surface area contributed by atoms with E-state index in [1.165, 1.54) is 0 Å². The Labute approximate surface area is 135 Å². The van der Waals surface area contributed by atoms with Crippen molar-refractivity contribution >= 4 is 31.7 Å². The van der Waals surface area contributed by atoms with Crippen molar-refractivity contribution in [2.45, 2.75) is 0 Å². The van der Waals surface area contributed by atoms with E-state index in [0.29, 0.717) is 0 Å². The Balaban J connectivity index is -0.0000000257. The molecular weight excluding hydrogens is 339 g/mol. The molecule has 0 spiro atoms. The third kappa shape index (κ3) is 1100. The number of hydrogen-bond acceptors (Lipinski definition) is 0. The molecule has 0 bridgehead atoms. The van der Waals surface area contributed by atoms with E-state index in [-0.39, 0.29) is 55.6 Å². The molecule has 0 atom stereocenters. The predicted octanol–water partition coefficient (Wildman–Crippen LogP) is 4.81. The minimum absolute atomic E-state index is 0. The molecule has 0 aromatic heterocycles. The molecule has 0 aromatic rings. The van der Waals surface area contributed by atoms with Gasteiger partial charge < -0.3 is 7.43 Å². The van der Waals surface area contributed by atoms with Crippen molar-refractivity contribution < 1.29 is 16.5 Å². The first-order valence-electron chi connectivity index (χ1n) is 6.00. The molecule has 0 saturated carbocycles. The van der Waals surface area contributed by atoms with Crippen LogP contribution in [-0.4, -0.2) is 80.0 Å². The topological polar surface area (TPSA) is 0 Å². The molecule has 0 aromatic carbocycles. The molecule has 18 heavy (non-hydrogen) atoms. The Hall–Kier alpha value is 2.21. The second-order valence-electron chi connectivity index (χ2n) is 6.00. The number of hydrogen-bond donors (Lipinski definition) is 0. The van der Waals surface area contributed by atoms with Crippen LogP contribution in [0.3, 0.4) is 0 Å². The summed E-state index contributed by atoms with van der Waals surface area (Å²) in [6, 6.07) is 0. The van der Waals surface area contributed by atoms with Gasteiger partial charge in [0.05, 0.1) is 0 Å². The molecule has 0 rings (SSSR count). The molecule has 0 N–H and O–H groups in total. The monoisotopic (exact) mass is 381 g/mol. The van der Waals surface area contributed by atoms with Gasteiger partial charge in [0.15, 0.2) is 0 Å². The van der Waals surface area contributed by atoms with E-state index in [4.69, 9.17) is 0 Å². The van der Waals surface area contributed by atoms with Crippen LogP contribution in [0.15, 0.2) is 0 Å². The Morgan fingerprint density at radius 3 is 0.333 bits per heavy atom. The largest absolute Gasteiger partial charge is 2.00 e. The van der Waals surface area contributed by atoms with Crippen molar-refractivity contribution in [1.29, 1.82) is 0 Å². The zero-order chi connectivity index (χ0) is 14.3. The Morgan fingerprint density at radius 1 is 0.333 bits per heavy atom. The van der Waals surface area contributed by atoms with Crippen LogP contribution in [0.4, 0.5) is 0 Å². The molecule has 0 saturated heterocycles. The SMILES string of the molecule is C[PH+](C)C.C[PH+](C)C.C[PH+](C)C.C[PH+](C)C.[CH3-].[Ni+2]. The minimum atomic E-state index is 0. The molecule has 0 aliphatic carbocycles. The van der Waals surface area contributed by atoms with Gasteiger partial charge in [0, 0.05) is 80.0 Å². The van der Waals surface area contributed by atoms with Crippen LogP contribution >= 0.6 is 31.7 Å². The Kier molecular flexibility index (Phi) is 64.7. The van der Waals surface area contributed by atoms with Crippen molar-refractivity contribution in [2.75, 3.05) is 80.0 Å².